The number of amides is 1. The van der Waals surface area contributed by atoms with E-state index in [1.54, 1.807) is 26.0 Å². The second kappa shape index (κ2) is 10.7. The molecule has 2 aromatic heterocycles. The molecule has 0 spiro atoms. The largest absolute Gasteiger partial charge is 0.410 e. The molecule has 3 heterocycles. The molecule has 1 saturated heterocycles. The zero-order chi connectivity index (χ0) is 26.2. The number of carbonyl (C=O) groups excluding carboxylic acids is 1. The fourth-order valence-corrected chi connectivity index (χ4v) is 7.61. The van der Waals surface area contributed by atoms with Crippen molar-refractivity contribution >= 4 is 66.4 Å². The second-order valence-electron chi connectivity index (χ2n) is 8.36. The number of thioether (sulfide) groups is 1. The van der Waals surface area contributed by atoms with E-state index in [1.165, 1.54) is 21.7 Å². The fraction of sp³-hybridized carbons (Fsp3) is 0.292. The smallest absolute Gasteiger partial charge is 0.277 e. The monoisotopic (exact) mass is 578 g/mol. The molecule has 13 heteroatoms. The van der Waals surface area contributed by atoms with Crippen molar-refractivity contribution in [3.05, 3.63) is 53.1 Å². The number of morpholine rings is 1. The lowest BCUT2D eigenvalue weighted by atomic mass is 10.2. The van der Waals surface area contributed by atoms with Crippen molar-refractivity contribution in [2.24, 2.45) is 0 Å². The first-order valence-corrected chi connectivity index (χ1v) is 14.9. The summed E-state index contributed by atoms with van der Waals surface area (Å²) < 4.78 is 39.7. The van der Waals surface area contributed by atoms with E-state index in [0.29, 0.717) is 47.5 Å². The van der Waals surface area contributed by atoms with Crippen molar-refractivity contribution in [1.29, 1.82) is 0 Å². The summed E-state index contributed by atoms with van der Waals surface area (Å²) in [5, 5.41) is 12.1. The van der Waals surface area contributed by atoms with E-state index in [-0.39, 0.29) is 21.9 Å². The van der Waals surface area contributed by atoms with Gasteiger partial charge in [-0.05, 0) is 37.6 Å². The van der Waals surface area contributed by atoms with E-state index in [1.807, 2.05) is 24.3 Å². The number of aryl methyl sites for hydroxylation is 1. The minimum atomic E-state index is -3.70. The van der Waals surface area contributed by atoms with Crippen LogP contribution in [0.25, 0.3) is 20.9 Å². The van der Waals surface area contributed by atoms with Gasteiger partial charge < -0.3 is 14.5 Å². The van der Waals surface area contributed by atoms with E-state index >= 15 is 0 Å². The molecule has 0 bridgehead atoms. The van der Waals surface area contributed by atoms with Gasteiger partial charge in [0.05, 0.1) is 28.4 Å². The molecule has 0 aliphatic carbocycles. The third-order valence-electron chi connectivity index (χ3n) is 5.83. The van der Waals surface area contributed by atoms with E-state index in [9.17, 15) is 13.2 Å². The van der Waals surface area contributed by atoms with E-state index < -0.39 is 15.3 Å². The molecular weight excluding hydrogens is 556 g/mol. The summed E-state index contributed by atoms with van der Waals surface area (Å²) in [4.78, 5) is 13.7. The van der Waals surface area contributed by atoms with Crippen molar-refractivity contribution in [1.82, 2.24) is 14.5 Å². The highest BCUT2D eigenvalue weighted by Crippen LogP contribution is 2.42. The standard InChI is InChI=1S/C24H23ClN4O5S3/c1-14-7-8-16(13-19(14)37(31,32)29-9-11-33-12-10-29)26-22(30)15(2)35-24-28-27-23(34-24)21-20(25)17-5-3-4-6-18(17)36-21/h3-8,13,15H,9-12H2,1-2H3,(H,26,30). The van der Waals surface area contributed by atoms with Crippen LogP contribution in [0.1, 0.15) is 12.5 Å². The van der Waals surface area contributed by atoms with Gasteiger partial charge in [-0.2, -0.15) is 4.31 Å². The lowest BCUT2D eigenvalue weighted by molar-refractivity contribution is -0.115. The fourth-order valence-electron chi connectivity index (χ4n) is 3.83. The van der Waals surface area contributed by atoms with Crippen LogP contribution in [0.15, 0.2) is 57.0 Å². The highest BCUT2D eigenvalue weighted by molar-refractivity contribution is 8.00. The molecule has 194 valence electrons. The maximum atomic E-state index is 13.1. The van der Waals surface area contributed by atoms with Crippen molar-refractivity contribution < 1.29 is 22.4 Å². The summed E-state index contributed by atoms with van der Waals surface area (Å²) in [6.45, 7) is 4.74. The predicted molar refractivity (Wildman–Crippen MR) is 145 cm³/mol. The van der Waals surface area contributed by atoms with Crippen LogP contribution in [0, 0.1) is 6.92 Å². The molecule has 37 heavy (non-hydrogen) atoms. The zero-order valence-corrected chi connectivity index (χ0v) is 23.1. The van der Waals surface area contributed by atoms with Crippen molar-refractivity contribution in [2.75, 3.05) is 31.6 Å². The summed E-state index contributed by atoms with van der Waals surface area (Å²) in [5.74, 6) is -0.0407. The first-order chi connectivity index (χ1) is 17.7. The number of thiophene rings is 1. The van der Waals surface area contributed by atoms with E-state index in [0.717, 1.165) is 21.8 Å². The summed E-state index contributed by atoms with van der Waals surface area (Å²) in [6, 6.07) is 12.6. The summed E-state index contributed by atoms with van der Waals surface area (Å²) in [6.07, 6.45) is 0. The summed E-state index contributed by atoms with van der Waals surface area (Å²) in [7, 11) is -3.70. The van der Waals surface area contributed by atoms with Crippen molar-refractivity contribution in [2.45, 2.75) is 29.2 Å². The quantitative estimate of drug-likeness (QED) is 0.303. The van der Waals surface area contributed by atoms with Crippen LogP contribution in [0.3, 0.4) is 0 Å². The number of hydrogen-bond donors (Lipinski definition) is 1. The first-order valence-electron chi connectivity index (χ1n) is 11.4. The number of benzene rings is 2. The number of rotatable bonds is 7. The van der Waals surface area contributed by atoms with Crippen LogP contribution in [-0.4, -0.2) is 60.4 Å². The Kier molecular flexibility index (Phi) is 7.57. The molecule has 2 aromatic carbocycles. The Hall–Kier alpha value is -2.48. The van der Waals surface area contributed by atoms with Gasteiger partial charge in [-0.25, -0.2) is 8.42 Å². The Labute approximate surface area is 227 Å². The number of aromatic nitrogens is 2. The van der Waals surface area contributed by atoms with Crippen LogP contribution < -0.4 is 5.32 Å². The molecule has 1 atom stereocenters. The van der Waals surface area contributed by atoms with Crippen LogP contribution in [0.2, 0.25) is 5.02 Å². The summed E-state index contributed by atoms with van der Waals surface area (Å²) in [5.41, 5.74) is 0.989. The number of anilines is 1. The van der Waals surface area contributed by atoms with Gasteiger partial charge in [0, 0.05) is 28.9 Å². The third-order valence-corrected chi connectivity index (χ3v) is 10.5. The zero-order valence-electron chi connectivity index (χ0n) is 19.9. The molecule has 0 saturated carbocycles. The molecule has 5 rings (SSSR count). The molecule has 9 nitrogen and oxygen atoms in total. The molecule has 1 fully saturated rings. The minimum Gasteiger partial charge on any atom is -0.410 e. The van der Waals surface area contributed by atoms with Crippen molar-refractivity contribution in [3.8, 4) is 10.8 Å². The Balaban J connectivity index is 1.28. The van der Waals surface area contributed by atoms with Crippen LogP contribution in [0.4, 0.5) is 5.69 Å². The Bertz CT molecular complexity index is 1560. The lowest BCUT2D eigenvalue weighted by Gasteiger charge is -2.27. The normalized spacial score (nSPS) is 15.6. The Morgan fingerprint density at radius 2 is 1.95 bits per heavy atom. The average Bonchev–Trinajstić information content (AvgIpc) is 3.49. The molecule has 1 unspecified atom stereocenters. The molecule has 1 amide bonds. The minimum absolute atomic E-state index is 0.161. The van der Waals surface area contributed by atoms with Gasteiger partial charge in [0.1, 0.15) is 4.88 Å². The number of carbonyl (C=O) groups is 1. The number of ether oxygens (including phenoxy) is 1. The molecule has 1 aliphatic heterocycles. The molecule has 1 N–H and O–H groups in total. The van der Waals surface area contributed by atoms with Gasteiger partial charge in [0.25, 0.3) is 11.1 Å². The van der Waals surface area contributed by atoms with Gasteiger partial charge in [-0.3, -0.25) is 4.79 Å². The molecule has 0 radical (unpaired) electrons. The third kappa shape index (κ3) is 5.40. The molecule has 4 aromatic rings. The van der Waals surface area contributed by atoms with Gasteiger partial charge >= 0.3 is 0 Å². The maximum absolute atomic E-state index is 13.1. The number of sulfonamides is 1. The Morgan fingerprint density at radius 3 is 2.70 bits per heavy atom. The number of halogens is 1. The van der Waals surface area contributed by atoms with E-state index in [2.05, 4.69) is 15.5 Å². The topological polar surface area (TPSA) is 115 Å². The summed E-state index contributed by atoms with van der Waals surface area (Å²) >= 11 is 9.07. The lowest BCUT2D eigenvalue weighted by Crippen LogP contribution is -2.40. The average molecular weight is 579 g/mol. The number of nitrogens with one attached hydrogen (secondary N) is 1. The molecule has 1 aliphatic rings. The predicted octanol–water partition coefficient (Wildman–Crippen LogP) is 5.05. The van der Waals surface area contributed by atoms with Gasteiger partial charge in [0.2, 0.25) is 15.9 Å². The number of fused-ring (bicyclic) bond motifs is 1. The SMILES string of the molecule is Cc1ccc(NC(=O)C(C)Sc2nnc(-c3sc4ccccc4c3Cl)o2)cc1S(=O)(=O)N1CCOCC1. The van der Waals surface area contributed by atoms with E-state index in [4.69, 9.17) is 20.8 Å². The van der Waals surface area contributed by atoms with Gasteiger partial charge in [0.15, 0.2) is 0 Å². The maximum Gasteiger partial charge on any atom is 0.277 e. The van der Waals surface area contributed by atoms with Crippen LogP contribution in [-0.2, 0) is 19.6 Å². The second-order valence-corrected chi connectivity index (χ2v) is 13.0. The van der Waals surface area contributed by atoms with Gasteiger partial charge in [-0.15, -0.1) is 21.5 Å². The Morgan fingerprint density at radius 1 is 1.19 bits per heavy atom. The number of hydrogen-bond acceptors (Lipinski definition) is 9. The highest BCUT2D eigenvalue weighted by atomic mass is 35.5. The number of nitrogens with zero attached hydrogens (tertiary/aromatic N) is 3. The van der Waals surface area contributed by atoms with Crippen LogP contribution in [0.5, 0.6) is 0 Å². The van der Waals surface area contributed by atoms with Crippen molar-refractivity contribution in [3.63, 3.8) is 0 Å². The highest BCUT2D eigenvalue weighted by Gasteiger charge is 2.28. The van der Waals surface area contributed by atoms with Gasteiger partial charge in [-0.1, -0.05) is 47.6 Å². The first kappa shape index (κ1) is 26.1. The van der Waals surface area contributed by atoms with Crippen LogP contribution >= 0.6 is 34.7 Å². The molecular formula is C24H23ClN4O5S3.